The first-order valence-corrected chi connectivity index (χ1v) is 6.31. The Morgan fingerprint density at radius 3 is 2.33 bits per heavy atom. The van der Waals surface area contributed by atoms with E-state index in [1.54, 1.807) is 5.32 Å². The Balaban J connectivity index is 3.30. The van der Waals surface area contributed by atoms with Gasteiger partial charge in [-0.15, -0.1) is 0 Å². The highest BCUT2D eigenvalue weighted by Gasteiger charge is 2.67. The molecule has 0 bridgehead atoms. The van der Waals surface area contributed by atoms with Gasteiger partial charge in [0.1, 0.15) is 6.20 Å². The number of amides is 1. The number of aromatic nitrogens is 1. The summed E-state index contributed by atoms with van der Waals surface area (Å²) in [7, 11) is 0.789. The van der Waals surface area contributed by atoms with Crippen LogP contribution >= 0.6 is 15.9 Å². The second-order valence-electron chi connectivity index (χ2n) is 3.97. The van der Waals surface area contributed by atoms with Gasteiger partial charge in [-0.2, -0.15) is 13.2 Å². The Kier molecular flexibility index (Phi) is 5.15. The molecule has 1 atom stereocenters. The summed E-state index contributed by atoms with van der Waals surface area (Å²) in [5, 5.41) is 3.50. The lowest BCUT2D eigenvalue weighted by Gasteiger charge is -2.29. The van der Waals surface area contributed by atoms with E-state index >= 15 is 0 Å². The molecule has 1 rings (SSSR count). The molecular formula is C11H12BrF3N3O3+. The van der Waals surface area contributed by atoms with Crippen molar-refractivity contribution in [2.24, 2.45) is 0 Å². The maximum absolute atomic E-state index is 13.3. The third kappa shape index (κ3) is 3.84. The van der Waals surface area contributed by atoms with Gasteiger partial charge >= 0.3 is 17.8 Å². The number of anilines is 1. The molecule has 0 saturated carbocycles. The molecule has 1 aromatic rings. The molecule has 0 fully saturated rings. The van der Waals surface area contributed by atoms with Gasteiger partial charge in [0, 0.05) is 13.0 Å². The van der Waals surface area contributed by atoms with E-state index in [-0.39, 0.29) is 5.82 Å². The minimum Gasteiger partial charge on any atom is -0.464 e. The van der Waals surface area contributed by atoms with E-state index in [2.05, 4.69) is 25.7 Å². The Hall–Kier alpha value is -1.84. The number of ether oxygens (including phenoxy) is 1. The van der Waals surface area contributed by atoms with Crippen LogP contribution < -0.4 is 15.6 Å². The van der Waals surface area contributed by atoms with Gasteiger partial charge in [0.25, 0.3) is 5.82 Å². The summed E-state index contributed by atoms with van der Waals surface area (Å²) in [6, 6.07) is 2.71. The number of esters is 1. The number of aromatic amines is 1. The summed E-state index contributed by atoms with van der Waals surface area (Å²) < 4.78 is 44.8. The fraction of sp³-hybridized carbons (Fsp3) is 0.364. The van der Waals surface area contributed by atoms with E-state index in [0.29, 0.717) is 4.47 Å². The number of hydrogen-bond acceptors (Lipinski definition) is 4. The zero-order chi connectivity index (χ0) is 16.3. The fourth-order valence-corrected chi connectivity index (χ4v) is 1.74. The summed E-state index contributed by atoms with van der Waals surface area (Å²) in [4.78, 5) is 25.2. The number of H-pyrrole nitrogens is 1. The van der Waals surface area contributed by atoms with Gasteiger partial charge in [-0.1, -0.05) is 0 Å². The summed E-state index contributed by atoms with van der Waals surface area (Å²) in [5.74, 6) is -2.89. The number of carbonyl (C=O) groups is 2. The van der Waals surface area contributed by atoms with Gasteiger partial charge in [0.2, 0.25) is 5.91 Å². The number of hydrogen-bond donors (Lipinski definition) is 2. The molecule has 116 valence electrons. The number of carbonyl (C=O) groups excluding carboxylic acids is 2. The lowest BCUT2D eigenvalue weighted by molar-refractivity contribution is -0.363. The highest BCUT2D eigenvalue weighted by molar-refractivity contribution is 9.10. The number of alkyl halides is 3. The van der Waals surface area contributed by atoms with Crippen LogP contribution in [-0.2, 0) is 14.3 Å². The van der Waals surface area contributed by atoms with Gasteiger partial charge in [-0.3, -0.25) is 10.1 Å². The maximum atomic E-state index is 13.3. The van der Waals surface area contributed by atoms with Crippen LogP contribution in [0.3, 0.4) is 0 Å². The molecule has 3 N–H and O–H groups in total. The third-order valence-electron chi connectivity index (χ3n) is 2.38. The zero-order valence-electron chi connectivity index (χ0n) is 11.0. The Labute approximate surface area is 126 Å². The number of nitrogens with one attached hydrogen (secondary N) is 3. The van der Waals surface area contributed by atoms with Crippen molar-refractivity contribution >= 4 is 33.6 Å². The normalized spacial score (nSPS) is 14.0. The molecule has 0 radical (unpaired) electrons. The van der Waals surface area contributed by atoms with Crippen LogP contribution in [0.5, 0.6) is 0 Å². The monoisotopic (exact) mass is 370 g/mol. The first-order chi connectivity index (χ1) is 9.62. The van der Waals surface area contributed by atoms with Crippen LogP contribution in [0.15, 0.2) is 22.8 Å². The fourth-order valence-electron chi connectivity index (χ4n) is 1.49. The first kappa shape index (κ1) is 17.2. The Bertz CT molecular complexity index is 536. The quantitative estimate of drug-likeness (QED) is 0.617. The predicted molar refractivity (Wildman–Crippen MR) is 68.9 cm³/mol. The Morgan fingerprint density at radius 1 is 1.33 bits per heavy atom. The minimum absolute atomic E-state index is 0.144. The number of rotatable bonds is 4. The zero-order valence-corrected chi connectivity index (χ0v) is 12.6. The molecular weight excluding hydrogens is 359 g/mol. The summed E-state index contributed by atoms with van der Waals surface area (Å²) in [6.45, 7) is 0.858. The largest absolute Gasteiger partial charge is 0.464 e. The highest BCUT2D eigenvalue weighted by atomic mass is 79.9. The van der Waals surface area contributed by atoms with E-state index < -0.39 is 23.7 Å². The van der Waals surface area contributed by atoms with Crippen LogP contribution in [0, 0.1) is 0 Å². The average molecular weight is 371 g/mol. The van der Waals surface area contributed by atoms with E-state index in [1.807, 2.05) is 5.32 Å². The van der Waals surface area contributed by atoms with Gasteiger partial charge in [0.15, 0.2) is 0 Å². The molecule has 6 nitrogen and oxygen atoms in total. The van der Waals surface area contributed by atoms with Crippen molar-refractivity contribution < 1.29 is 32.5 Å². The van der Waals surface area contributed by atoms with E-state index in [4.69, 9.17) is 0 Å². The van der Waals surface area contributed by atoms with E-state index in [0.717, 1.165) is 14.0 Å². The van der Waals surface area contributed by atoms with Crippen molar-refractivity contribution in [2.75, 3.05) is 12.4 Å². The van der Waals surface area contributed by atoms with Crippen LogP contribution in [-0.4, -0.2) is 30.8 Å². The summed E-state index contributed by atoms with van der Waals surface area (Å²) in [5.41, 5.74) is -3.39. The molecule has 0 aliphatic heterocycles. The lowest BCUT2D eigenvalue weighted by atomic mass is 10.1. The molecule has 0 unspecified atom stereocenters. The molecule has 10 heteroatoms. The molecule has 1 aromatic heterocycles. The predicted octanol–water partition coefficient (Wildman–Crippen LogP) is 1.24. The molecule has 0 saturated heterocycles. The van der Waals surface area contributed by atoms with Gasteiger partial charge in [-0.25, -0.2) is 15.1 Å². The summed E-state index contributed by atoms with van der Waals surface area (Å²) >= 11 is 3.10. The van der Waals surface area contributed by atoms with Crippen molar-refractivity contribution in [1.29, 1.82) is 0 Å². The average Bonchev–Trinajstić information content (AvgIpc) is 2.37. The topological polar surface area (TPSA) is 81.6 Å². The molecule has 1 amide bonds. The van der Waals surface area contributed by atoms with Gasteiger partial charge in [0.05, 0.1) is 11.6 Å². The summed E-state index contributed by atoms with van der Waals surface area (Å²) in [6.07, 6.45) is -3.78. The van der Waals surface area contributed by atoms with E-state index in [1.165, 1.54) is 18.3 Å². The van der Waals surface area contributed by atoms with Crippen LogP contribution in [0.2, 0.25) is 0 Å². The van der Waals surface area contributed by atoms with E-state index in [9.17, 15) is 22.8 Å². The second kappa shape index (κ2) is 6.29. The number of methoxy groups -OCH3 is 1. The van der Waals surface area contributed by atoms with Gasteiger partial charge in [-0.05, 0) is 22.0 Å². The SMILES string of the molecule is COC(=O)[C@](NC(C)=O)(Nc1ccc(Br)c[nH+]1)C(F)(F)F. The van der Waals surface area contributed by atoms with Crippen LogP contribution in [0.4, 0.5) is 19.0 Å². The third-order valence-corrected chi connectivity index (χ3v) is 2.87. The van der Waals surface area contributed by atoms with Crippen molar-refractivity contribution in [3.8, 4) is 0 Å². The smallest absolute Gasteiger partial charge is 0.464 e. The molecule has 0 aliphatic carbocycles. The highest BCUT2D eigenvalue weighted by Crippen LogP contribution is 2.32. The maximum Gasteiger partial charge on any atom is 0.464 e. The van der Waals surface area contributed by atoms with Crippen molar-refractivity contribution in [2.45, 2.75) is 18.8 Å². The molecule has 21 heavy (non-hydrogen) atoms. The molecule has 1 heterocycles. The van der Waals surface area contributed by atoms with Gasteiger partial charge < -0.3 is 4.74 Å². The second-order valence-corrected chi connectivity index (χ2v) is 4.88. The standard InChI is InChI=1S/C11H11BrF3N3O3/c1-6(19)17-10(9(20)21-2,11(13,14)15)18-8-4-3-7(12)5-16-8/h3-5H,1-2H3,(H,16,18)(H,17,19)/p+1/t10-/m0/s1. The van der Waals surface area contributed by atoms with Crippen LogP contribution in [0.25, 0.3) is 0 Å². The van der Waals surface area contributed by atoms with Crippen molar-refractivity contribution in [3.05, 3.63) is 22.8 Å². The molecule has 0 spiro atoms. The van der Waals surface area contributed by atoms with Crippen LogP contribution in [0.1, 0.15) is 6.92 Å². The number of pyridine rings is 1. The Morgan fingerprint density at radius 2 is 1.95 bits per heavy atom. The molecule has 0 aliphatic rings. The lowest BCUT2D eigenvalue weighted by Crippen LogP contribution is -2.69. The molecule has 0 aromatic carbocycles. The van der Waals surface area contributed by atoms with Crippen molar-refractivity contribution in [1.82, 2.24) is 5.32 Å². The first-order valence-electron chi connectivity index (χ1n) is 5.51. The van der Waals surface area contributed by atoms with Crippen molar-refractivity contribution in [3.63, 3.8) is 0 Å². The minimum atomic E-state index is -5.13. The number of halogens is 4.